The lowest BCUT2D eigenvalue weighted by Gasteiger charge is -2.28. The molecule has 1 aliphatic heterocycles. The van der Waals surface area contributed by atoms with Gasteiger partial charge in [0, 0.05) is 25.8 Å². The van der Waals surface area contributed by atoms with Crippen molar-refractivity contribution in [3.63, 3.8) is 0 Å². The zero-order valence-electron chi connectivity index (χ0n) is 14.4. The summed E-state index contributed by atoms with van der Waals surface area (Å²) in [6.45, 7) is 12.6. The second kappa shape index (κ2) is 7.31. The zero-order chi connectivity index (χ0) is 15.4. The van der Waals surface area contributed by atoms with E-state index in [1.54, 1.807) is 0 Å². The molecule has 1 aliphatic rings. The van der Waals surface area contributed by atoms with E-state index in [9.17, 15) is 0 Å². The SMILES string of the molecule is CC(C)C(CNCc1ccc2c(c1)CCCN2C)C(C)C. The molecular weight excluding hydrogens is 256 g/mol. The number of rotatable bonds is 6. The number of aryl methyl sites for hydroxylation is 1. The van der Waals surface area contributed by atoms with Crippen molar-refractivity contribution >= 4 is 5.69 Å². The highest BCUT2D eigenvalue weighted by molar-refractivity contribution is 5.56. The van der Waals surface area contributed by atoms with E-state index in [4.69, 9.17) is 0 Å². The van der Waals surface area contributed by atoms with Crippen LogP contribution in [0.1, 0.15) is 45.2 Å². The van der Waals surface area contributed by atoms with Gasteiger partial charge in [0.25, 0.3) is 0 Å². The molecule has 1 aromatic carbocycles. The minimum absolute atomic E-state index is 0.745. The van der Waals surface area contributed by atoms with Crippen LogP contribution in [0.4, 0.5) is 5.69 Å². The van der Waals surface area contributed by atoms with Gasteiger partial charge in [0.1, 0.15) is 0 Å². The van der Waals surface area contributed by atoms with E-state index in [0.717, 1.165) is 30.8 Å². The molecule has 0 saturated carbocycles. The van der Waals surface area contributed by atoms with Crippen LogP contribution in [0.15, 0.2) is 18.2 Å². The van der Waals surface area contributed by atoms with E-state index in [0.29, 0.717) is 0 Å². The molecule has 0 aliphatic carbocycles. The van der Waals surface area contributed by atoms with Crippen molar-refractivity contribution < 1.29 is 0 Å². The smallest absolute Gasteiger partial charge is 0.0396 e. The van der Waals surface area contributed by atoms with Crippen LogP contribution in [0.5, 0.6) is 0 Å². The Hall–Kier alpha value is -1.02. The normalized spacial score (nSPS) is 15.1. The quantitative estimate of drug-likeness (QED) is 0.848. The number of hydrogen-bond acceptors (Lipinski definition) is 2. The van der Waals surface area contributed by atoms with E-state index in [-0.39, 0.29) is 0 Å². The van der Waals surface area contributed by atoms with E-state index >= 15 is 0 Å². The number of nitrogens with zero attached hydrogens (tertiary/aromatic N) is 1. The second-order valence-corrected chi connectivity index (χ2v) is 7.27. The first-order chi connectivity index (χ1) is 9.99. The van der Waals surface area contributed by atoms with E-state index in [1.165, 1.54) is 36.2 Å². The zero-order valence-corrected chi connectivity index (χ0v) is 14.4. The number of hydrogen-bond donors (Lipinski definition) is 1. The van der Waals surface area contributed by atoms with Crippen LogP contribution in [0.3, 0.4) is 0 Å². The molecule has 0 fully saturated rings. The van der Waals surface area contributed by atoms with E-state index in [1.807, 2.05) is 0 Å². The van der Waals surface area contributed by atoms with Gasteiger partial charge in [-0.15, -0.1) is 0 Å². The van der Waals surface area contributed by atoms with Crippen molar-refractivity contribution in [2.24, 2.45) is 17.8 Å². The molecular formula is C19H32N2. The molecule has 2 rings (SSSR count). The Labute approximate surface area is 130 Å². The Bertz CT molecular complexity index is 443. The molecule has 0 unspecified atom stereocenters. The molecule has 0 amide bonds. The molecule has 0 aromatic heterocycles. The van der Waals surface area contributed by atoms with Gasteiger partial charge in [-0.1, -0.05) is 39.8 Å². The highest BCUT2D eigenvalue weighted by Crippen LogP contribution is 2.27. The number of benzene rings is 1. The van der Waals surface area contributed by atoms with E-state index < -0.39 is 0 Å². The first-order valence-corrected chi connectivity index (χ1v) is 8.52. The summed E-state index contributed by atoms with van der Waals surface area (Å²) in [5.74, 6) is 2.25. The van der Waals surface area contributed by atoms with Crippen LogP contribution in [0.2, 0.25) is 0 Å². The first kappa shape index (κ1) is 16.4. The van der Waals surface area contributed by atoms with Gasteiger partial charge in [-0.2, -0.15) is 0 Å². The third-order valence-electron chi connectivity index (χ3n) is 4.92. The summed E-state index contributed by atoms with van der Waals surface area (Å²) in [5, 5.41) is 3.67. The van der Waals surface area contributed by atoms with Crippen LogP contribution in [0.25, 0.3) is 0 Å². The van der Waals surface area contributed by atoms with Crippen LogP contribution in [-0.2, 0) is 13.0 Å². The van der Waals surface area contributed by atoms with Crippen molar-refractivity contribution in [2.75, 3.05) is 25.0 Å². The maximum Gasteiger partial charge on any atom is 0.0396 e. The highest BCUT2D eigenvalue weighted by atomic mass is 15.1. The third kappa shape index (κ3) is 4.23. The van der Waals surface area contributed by atoms with Gasteiger partial charge in [0.15, 0.2) is 0 Å². The van der Waals surface area contributed by atoms with Gasteiger partial charge in [0.05, 0.1) is 0 Å². The van der Waals surface area contributed by atoms with Gasteiger partial charge in [-0.05, 0) is 54.3 Å². The Kier molecular flexibility index (Phi) is 5.69. The van der Waals surface area contributed by atoms with Gasteiger partial charge in [0.2, 0.25) is 0 Å². The first-order valence-electron chi connectivity index (χ1n) is 8.52. The average molecular weight is 288 g/mol. The molecule has 0 saturated heterocycles. The lowest BCUT2D eigenvalue weighted by molar-refractivity contribution is 0.275. The summed E-state index contributed by atoms with van der Waals surface area (Å²) in [6, 6.07) is 6.99. The maximum absolute atomic E-state index is 3.67. The Morgan fingerprint density at radius 1 is 1.14 bits per heavy atom. The fraction of sp³-hybridized carbons (Fsp3) is 0.684. The fourth-order valence-corrected chi connectivity index (χ4v) is 3.57. The summed E-state index contributed by atoms with van der Waals surface area (Å²) in [4.78, 5) is 2.38. The lowest BCUT2D eigenvalue weighted by Crippen LogP contribution is -2.29. The third-order valence-corrected chi connectivity index (χ3v) is 4.92. The molecule has 1 aromatic rings. The number of anilines is 1. The Morgan fingerprint density at radius 3 is 2.52 bits per heavy atom. The highest BCUT2D eigenvalue weighted by Gasteiger charge is 2.17. The summed E-state index contributed by atoms with van der Waals surface area (Å²) < 4.78 is 0. The minimum atomic E-state index is 0.745. The van der Waals surface area contributed by atoms with Crippen molar-refractivity contribution in [1.29, 1.82) is 0 Å². The number of nitrogens with one attached hydrogen (secondary N) is 1. The van der Waals surface area contributed by atoms with Gasteiger partial charge >= 0.3 is 0 Å². The summed E-state index contributed by atoms with van der Waals surface area (Å²) in [7, 11) is 2.20. The summed E-state index contributed by atoms with van der Waals surface area (Å²) in [6.07, 6.45) is 2.51. The van der Waals surface area contributed by atoms with Gasteiger partial charge in [-0.25, -0.2) is 0 Å². The molecule has 2 heteroatoms. The van der Waals surface area contributed by atoms with Gasteiger partial charge in [-0.3, -0.25) is 0 Å². The summed E-state index contributed by atoms with van der Waals surface area (Å²) in [5.41, 5.74) is 4.37. The molecule has 0 radical (unpaired) electrons. The lowest BCUT2D eigenvalue weighted by atomic mass is 9.85. The largest absolute Gasteiger partial charge is 0.374 e. The van der Waals surface area contributed by atoms with Crippen molar-refractivity contribution in [1.82, 2.24) is 5.32 Å². The van der Waals surface area contributed by atoms with Crippen LogP contribution in [0, 0.1) is 17.8 Å². The predicted octanol–water partition coefficient (Wildman–Crippen LogP) is 4.09. The molecule has 2 nitrogen and oxygen atoms in total. The molecule has 1 N–H and O–H groups in total. The Balaban J connectivity index is 1.92. The maximum atomic E-state index is 3.67. The van der Waals surface area contributed by atoms with Crippen molar-refractivity contribution in [3.8, 4) is 0 Å². The Morgan fingerprint density at radius 2 is 1.86 bits per heavy atom. The van der Waals surface area contributed by atoms with Crippen LogP contribution in [-0.4, -0.2) is 20.1 Å². The predicted molar refractivity (Wildman–Crippen MR) is 92.9 cm³/mol. The molecule has 21 heavy (non-hydrogen) atoms. The van der Waals surface area contributed by atoms with Crippen LogP contribution < -0.4 is 10.2 Å². The molecule has 1 heterocycles. The van der Waals surface area contributed by atoms with Crippen molar-refractivity contribution in [3.05, 3.63) is 29.3 Å². The molecule has 0 atom stereocenters. The summed E-state index contributed by atoms with van der Waals surface area (Å²) >= 11 is 0. The molecule has 118 valence electrons. The fourth-order valence-electron chi connectivity index (χ4n) is 3.57. The molecule has 0 spiro atoms. The molecule has 0 bridgehead atoms. The second-order valence-electron chi connectivity index (χ2n) is 7.27. The van der Waals surface area contributed by atoms with Crippen molar-refractivity contribution in [2.45, 2.75) is 47.1 Å². The minimum Gasteiger partial charge on any atom is -0.374 e. The standard InChI is InChI=1S/C19H32N2/c1-14(2)18(15(3)4)13-20-12-16-8-9-19-17(11-16)7-6-10-21(19)5/h8-9,11,14-15,18,20H,6-7,10,12-13H2,1-5H3. The topological polar surface area (TPSA) is 15.3 Å². The average Bonchev–Trinajstić information content (AvgIpc) is 2.43. The van der Waals surface area contributed by atoms with Gasteiger partial charge < -0.3 is 10.2 Å². The van der Waals surface area contributed by atoms with Crippen LogP contribution >= 0.6 is 0 Å². The number of fused-ring (bicyclic) bond motifs is 1. The monoisotopic (exact) mass is 288 g/mol. The van der Waals surface area contributed by atoms with E-state index in [2.05, 4.69) is 63.2 Å².